The molecule has 2 aliphatic heterocycles. The van der Waals surface area contributed by atoms with Gasteiger partial charge in [-0.25, -0.2) is 4.98 Å². The van der Waals surface area contributed by atoms with E-state index in [1.807, 2.05) is 11.3 Å². The smallest absolute Gasteiger partial charge is 0.185 e. The standard InChI is InChI=1S/C16H28N4S/c1-3-14-15(11-17-4-2)21-16(18-14)20-10-6-9-19-8-5-7-13(19)12-20/h13,17H,3-12H2,1-2H3. The number of fused-ring (bicyclic) bond motifs is 1. The number of hydrogen-bond acceptors (Lipinski definition) is 5. The molecule has 1 N–H and O–H groups in total. The topological polar surface area (TPSA) is 31.4 Å². The molecule has 1 atom stereocenters. The summed E-state index contributed by atoms with van der Waals surface area (Å²) < 4.78 is 0. The highest BCUT2D eigenvalue weighted by atomic mass is 32.1. The molecule has 0 bridgehead atoms. The van der Waals surface area contributed by atoms with E-state index < -0.39 is 0 Å². The first kappa shape index (κ1) is 15.3. The van der Waals surface area contributed by atoms with Gasteiger partial charge in [-0.1, -0.05) is 13.8 Å². The lowest BCUT2D eigenvalue weighted by Crippen LogP contribution is -2.36. The Morgan fingerprint density at radius 1 is 1.24 bits per heavy atom. The molecule has 1 aromatic rings. The first-order valence-corrected chi connectivity index (χ1v) is 9.31. The molecule has 1 unspecified atom stereocenters. The van der Waals surface area contributed by atoms with Crippen LogP contribution in [0.15, 0.2) is 0 Å². The van der Waals surface area contributed by atoms with E-state index in [1.54, 1.807) is 0 Å². The van der Waals surface area contributed by atoms with Crippen molar-refractivity contribution in [3.8, 4) is 0 Å². The van der Waals surface area contributed by atoms with E-state index in [1.165, 1.54) is 61.1 Å². The molecule has 0 radical (unpaired) electrons. The zero-order chi connectivity index (χ0) is 14.7. The maximum absolute atomic E-state index is 4.95. The lowest BCUT2D eigenvalue weighted by Gasteiger charge is -2.25. The van der Waals surface area contributed by atoms with Crippen LogP contribution in [-0.2, 0) is 13.0 Å². The lowest BCUT2D eigenvalue weighted by molar-refractivity contribution is 0.273. The van der Waals surface area contributed by atoms with Crippen LogP contribution >= 0.6 is 11.3 Å². The molecule has 21 heavy (non-hydrogen) atoms. The molecule has 2 aliphatic rings. The van der Waals surface area contributed by atoms with E-state index in [-0.39, 0.29) is 0 Å². The van der Waals surface area contributed by atoms with Crippen LogP contribution in [0.5, 0.6) is 0 Å². The van der Waals surface area contributed by atoms with Gasteiger partial charge in [-0.3, -0.25) is 4.90 Å². The number of thiazole rings is 1. The average Bonchev–Trinajstić information content (AvgIpc) is 3.06. The largest absolute Gasteiger partial charge is 0.346 e. The van der Waals surface area contributed by atoms with Crippen molar-refractivity contribution in [1.82, 2.24) is 15.2 Å². The zero-order valence-corrected chi connectivity index (χ0v) is 14.2. The van der Waals surface area contributed by atoms with Crippen LogP contribution in [0.1, 0.15) is 43.7 Å². The average molecular weight is 308 g/mol. The summed E-state index contributed by atoms with van der Waals surface area (Å²) in [6, 6.07) is 0.763. The van der Waals surface area contributed by atoms with Crippen molar-refractivity contribution in [2.45, 2.75) is 52.1 Å². The number of rotatable bonds is 5. The number of hydrogen-bond donors (Lipinski definition) is 1. The Kier molecular flexibility index (Phi) is 5.14. The van der Waals surface area contributed by atoms with Crippen LogP contribution in [0.25, 0.3) is 0 Å². The van der Waals surface area contributed by atoms with Gasteiger partial charge in [0.15, 0.2) is 5.13 Å². The Bertz CT molecular complexity index is 459. The Balaban J connectivity index is 1.74. The molecule has 0 aromatic carbocycles. The van der Waals surface area contributed by atoms with Crippen molar-refractivity contribution in [2.24, 2.45) is 0 Å². The summed E-state index contributed by atoms with van der Waals surface area (Å²) in [5.74, 6) is 0. The number of aryl methyl sites for hydroxylation is 1. The van der Waals surface area contributed by atoms with Gasteiger partial charge in [0, 0.05) is 37.1 Å². The third kappa shape index (κ3) is 3.41. The maximum atomic E-state index is 4.95. The fourth-order valence-corrected chi connectivity index (χ4v) is 4.69. The molecule has 4 nitrogen and oxygen atoms in total. The predicted molar refractivity (Wildman–Crippen MR) is 90.3 cm³/mol. The normalized spacial score (nSPS) is 23.3. The molecule has 2 fully saturated rings. The minimum absolute atomic E-state index is 0.763. The molecule has 0 aliphatic carbocycles. The third-order valence-corrected chi connectivity index (χ3v) is 5.87. The molecule has 3 rings (SSSR count). The molecule has 118 valence electrons. The van der Waals surface area contributed by atoms with Crippen molar-refractivity contribution < 1.29 is 0 Å². The summed E-state index contributed by atoms with van der Waals surface area (Å²) in [7, 11) is 0. The van der Waals surface area contributed by atoms with Gasteiger partial charge in [-0.05, 0) is 38.8 Å². The first-order chi connectivity index (χ1) is 10.3. The van der Waals surface area contributed by atoms with Gasteiger partial charge in [0.1, 0.15) is 0 Å². The van der Waals surface area contributed by atoms with E-state index >= 15 is 0 Å². The molecular weight excluding hydrogens is 280 g/mol. The highest BCUT2D eigenvalue weighted by Crippen LogP contribution is 2.30. The molecule has 5 heteroatoms. The minimum atomic E-state index is 0.763. The van der Waals surface area contributed by atoms with Gasteiger partial charge in [0.25, 0.3) is 0 Å². The number of nitrogens with zero attached hydrogens (tertiary/aromatic N) is 3. The first-order valence-electron chi connectivity index (χ1n) is 8.50. The van der Waals surface area contributed by atoms with E-state index in [2.05, 4.69) is 29.0 Å². The van der Waals surface area contributed by atoms with Gasteiger partial charge < -0.3 is 10.2 Å². The summed E-state index contributed by atoms with van der Waals surface area (Å²) in [5, 5.41) is 4.71. The van der Waals surface area contributed by atoms with Gasteiger partial charge in [0.05, 0.1) is 5.69 Å². The monoisotopic (exact) mass is 308 g/mol. The Labute approximate surface area is 132 Å². The van der Waals surface area contributed by atoms with Crippen molar-refractivity contribution in [3.63, 3.8) is 0 Å². The van der Waals surface area contributed by atoms with E-state index in [0.717, 1.165) is 25.6 Å². The van der Waals surface area contributed by atoms with Crippen molar-refractivity contribution in [1.29, 1.82) is 0 Å². The molecule has 0 amide bonds. The summed E-state index contributed by atoms with van der Waals surface area (Å²) in [6.07, 6.45) is 5.07. The molecule has 0 spiro atoms. The van der Waals surface area contributed by atoms with Crippen molar-refractivity contribution in [2.75, 3.05) is 37.6 Å². The SMILES string of the molecule is CCNCc1sc(N2CCCN3CCCC3C2)nc1CC. The van der Waals surface area contributed by atoms with Crippen LogP contribution < -0.4 is 10.2 Å². The predicted octanol–water partition coefficient (Wildman–Crippen LogP) is 2.49. The molecule has 0 saturated carbocycles. The Morgan fingerprint density at radius 2 is 2.10 bits per heavy atom. The number of nitrogens with one attached hydrogen (secondary N) is 1. The van der Waals surface area contributed by atoms with Crippen molar-refractivity contribution >= 4 is 16.5 Å². The maximum Gasteiger partial charge on any atom is 0.185 e. The third-order valence-electron chi connectivity index (χ3n) is 4.71. The van der Waals surface area contributed by atoms with Crippen LogP contribution in [0.3, 0.4) is 0 Å². The summed E-state index contributed by atoms with van der Waals surface area (Å²) in [5.41, 5.74) is 1.29. The molecule has 1 aromatic heterocycles. The summed E-state index contributed by atoms with van der Waals surface area (Å²) in [4.78, 5) is 11.6. The van der Waals surface area contributed by atoms with Gasteiger partial charge in [-0.15, -0.1) is 11.3 Å². The second kappa shape index (κ2) is 7.07. The zero-order valence-electron chi connectivity index (χ0n) is 13.4. The van der Waals surface area contributed by atoms with Crippen LogP contribution in [0.2, 0.25) is 0 Å². The molecular formula is C16H28N4S. The number of aromatic nitrogens is 1. The van der Waals surface area contributed by atoms with Crippen LogP contribution in [0, 0.1) is 0 Å². The van der Waals surface area contributed by atoms with Crippen LogP contribution in [-0.4, -0.2) is 48.6 Å². The van der Waals surface area contributed by atoms with E-state index in [4.69, 9.17) is 4.98 Å². The Hall–Kier alpha value is -0.650. The fraction of sp³-hybridized carbons (Fsp3) is 0.812. The quantitative estimate of drug-likeness (QED) is 0.905. The fourth-order valence-electron chi connectivity index (χ4n) is 3.54. The van der Waals surface area contributed by atoms with Gasteiger partial charge in [0.2, 0.25) is 0 Å². The van der Waals surface area contributed by atoms with Gasteiger partial charge in [-0.2, -0.15) is 0 Å². The second-order valence-electron chi connectivity index (χ2n) is 6.13. The van der Waals surface area contributed by atoms with Crippen molar-refractivity contribution in [3.05, 3.63) is 10.6 Å². The van der Waals surface area contributed by atoms with E-state index in [0.29, 0.717) is 0 Å². The molecule has 3 heterocycles. The highest BCUT2D eigenvalue weighted by molar-refractivity contribution is 7.15. The van der Waals surface area contributed by atoms with Crippen LogP contribution in [0.4, 0.5) is 5.13 Å². The van der Waals surface area contributed by atoms with Gasteiger partial charge >= 0.3 is 0 Å². The summed E-state index contributed by atoms with van der Waals surface area (Å²) >= 11 is 1.91. The number of anilines is 1. The summed E-state index contributed by atoms with van der Waals surface area (Å²) in [6.45, 7) is 11.3. The molecule has 2 saturated heterocycles. The Morgan fingerprint density at radius 3 is 2.90 bits per heavy atom. The lowest BCUT2D eigenvalue weighted by atomic mass is 10.2. The van der Waals surface area contributed by atoms with E-state index in [9.17, 15) is 0 Å². The second-order valence-corrected chi connectivity index (χ2v) is 7.19. The highest BCUT2D eigenvalue weighted by Gasteiger charge is 2.30. The minimum Gasteiger partial charge on any atom is -0.346 e.